The van der Waals surface area contributed by atoms with Gasteiger partial charge in [-0.1, -0.05) is 201 Å². The maximum Gasteiger partial charge on any atom is 0.306 e. The number of allylic oxidation sites excluding steroid dienone is 16. The van der Waals surface area contributed by atoms with Crippen LogP contribution in [0.5, 0.6) is 0 Å². The molecule has 0 bridgehead atoms. The van der Waals surface area contributed by atoms with Crippen LogP contribution in [0.15, 0.2) is 97.2 Å². The van der Waals surface area contributed by atoms with Gasteiger partial charge in [0.15, 0.2) is 6.10 Å². The van der Waals surface area contributed by atoms with E-state index in [1.165, 1.54) is 57.8 Å². The van der Waals surface area contributed by atoms with E-state index in [1.54, 1.807) is 0 Å². The molecule has 0 saturated heterocycles. The van der Waals surface area contributed by atoms with Gasteiger partial charge in [-0.2, -0.15) is 0 Å². The molecule has 0 spiro atoms. The number of ether oxygens (including phenoxy) is 3. The summed E-state index contributed by atoms with van der Waals surface area (Å²) in [6, 6.07) is 0. The lowest BCUT2D eigenvalue weighted by atomic mass is 10.1. The quantitative estimate of drug-likeness (QED) is 0.0201. The van der Waals surface area contributed by atoms with Crippen molar-refractivity contribution in [1.29, 1.82) is 0 Å². The van der Waals surface area contributed by atoms with Crippen molar-refractivity contribution in [2.24, 2.45) is 0 Å². The Balaban J connectivity index is 4.48. The fourth-order valence-corrected chi connectivity index (χ4v) is 6.12. The second-order valence-electron chi connectivity index (χ2n) is 15.3. The van der Waals surface area contributed by atoms with E-state index < -0.39 is 6.10 Å². The van der Waals surface area contributed by atoms with E-state index >= 15 is 0 Å². The zero-order chi connectivity index (χ0) is 43.0. The molecule has 0 aliphatic heterocycles. The van der Waals surface area contributed by atoms with Crippen molar-refractivity contribution in [3.8, 4) is 0 Å². The topological polar surface area (TPSA) is 78.9 Å². The molecule has 0 saturated carbocycles. The Kier molecular flexibility index (Phi) is 44.1. The highest BCUT2D eigenvalue weighted by Gasteiger charge is 2.19. The molecule has 0 aromatic carbocycles. The Morgan fingerprint density at radius 1 is 0.373 bits per heavy atom. The average molecular weight is 819 g/mol. The van der Waals surface area contributed by atoms with Crippen LogP contribution < -0.4 is 0 Å². The minimum Gasteiger partial charge on any atom is -0.462 e. The summed E-state index contributed by atoms with van der Waals surface area (Å²) in [6.45, 7) is 6.29. The largest absolute Gasteiger partial charge is 0.462 e. The highest BCUT2D eigenvalue weighted by Crippen LogP contribution is 2.13. The van der Waals surface area contributed by atoms with E-state index in [1.807, 2.05) is 0 Å². The summed E-state index contributed by atoms with van der Waals surface area (Å²) in [5, 5.41) is 0. The first-order valence-corrected chi connectivity index (χ1v) is 23.8. The Morgan fingerprint density at radius 3 is 1.27 bits per heavy atom. The van der Waals surface area contributed by atoms with Crippen LogP contribution in [0.4, 0.5) is 0 Å². The Morgan fingerprint density at radius 2 is 0.763 bits per heavy atom. The van der Waals surface area contributed by atoms with Crippen LogP contribution in [-0.4, -0.2) is 37.2 Å². The van der Waals surface area contributed by atoms with Gasteiger partial charge in [0, 0.05) is 19.3 Å². The summed E-state index contributed by atoms with van der Waals surface area (Å²) in [5.74, 6) is -0.984. The summed E-state index contributed by atoms with van der Waals surface area (Å²) in [6.07, 6.45) is 61.1. The van der Waals surface area contributed by atoms with Gasteiger partial charge in [-0.15, -0.1) is 0 Å². The summed E-state index contributed by atoms with van der Waals surface area (Å²) >= 11 is 0. The molecule has 59 heavy (non-hydrogen) atoms. The Bertz CT molecular complexity index is 1220. The van der Waals surface area contributed by atoms with Gasteiger partial charge in [-0.3, -0.25) is 14.4 Å². The summed E-state index contributed by atoms with van der Waals surface area (Å²) < 4.78 is 16.7. The number of rotatable bonds is 41. The van der Waals surface area contributed by atoms with Crippen molar-refractivity contribution in [3.05, 3.63) is 97.2 Å². The van der Waals surface area contributed by atoms with Crippen molar-refractivity contribution < 1.29 is 28.6 Å². The van der Waals surface area contributed by atoms with Gasteiger partial charge in [0.05, 0.1) is 0 Å². The standard InChI is InChI=1S/C53H86O6/c1-4-7-10-13-16-19-21-23-25-26-28-29-31-34-37-40-43-46-52(55)58-49-50(48-57-51(54)45-42-39-36-33-18-15-12-9-6-3)59-53(56)47-44-41-38-35-32-30-27-24-22-20-17-14-11-8-5-2/h7-8,10-11,14,16-17,19-20,22-23,25,28-29,34,37,50H,4-6,9,12-13,15,18,21,24,26-27,30-33,35-36,38-49H2,1-3H3/b10-7-,11-8-,17-14-,19-16-,22-20-,25-23-,29-28-,37-34-. The molecule has 6 nitrogen and oxygen atoms in total. The number of carbonyl (C=O) groups excluding carboxylic acids is 3. The molecule has 0 aromatic rings. The number of unbranched alkanes of at least 4 members (excludes halogenated alkanes) is 16. The summed E-state index contributed by atoms with van der Waals surface area (Å²) in [7, 11) is 0. The highest BCUT2D eigenvalue weighted by molar-refractivity contribution is 5.71. The zero-order valence-corrected chi connectivity index (χ0v) is 38.0. The molecular weight excluding hydrogens is 733 g/mol. The highest BCUT2D eigenvalue weighted by atomic mass is 16.6. The molecule has 0 radical (unpaired) electrons. The first-order chi connectivity index (χ1) is 29.0. The molecule has 0 heterocycles. The number of hydrogen-bond acceptors (Lipinski definition) is 6. The molecular formula is C53H86O6. The molecule has 0 aliphatic rings. The smallest absolute Gasteiger partial charge is 0.306 e. The van der Waals surface area contributed by atoms with Crippen LogP contribution in [0.3, 0.4) is 0 Å². The van der Waals surface area contributed by atoms with Crippen LogP contribution in [0.25, 0.3) is 0 Å². The van der Waals surface area contributed by atoms with Crippen molar-refractivity contribution in [2.75, 3.05) is 13.2 Å². The average Bonchev–Trinajstić information content (AvgIpc) is 3.23. The van der Waals surface area contributed by atoms with Crippen molar-refractivity contribution in [2.45, 2.75) is 207 Å². The fourth-order valence-electron chi connectivity index (χ4n) is 6.12. The minimum absolute atomic E-state index is 0.100. The van der Waals surface area contributed by atoms with E-state index in [4.69, 9.17) is 14.2 Å². The number of esters is 3. The molecule has 6 heteroatoms. The van der Waals surface area contributed by atoms with Crippen LogP contribution >= 0.6 is 0 Å². The van der Waals surface area contributed by atoms with Gasteiger partial charge in [-0.25, -0.2) is 0 Å². The van der Waals surface area contributed by atoms with E-state index in [9.17, 15) is 14.4 Å². The molecule has 0 aromatic heterocycles. The van der Waals surface area contributed by atoms with Crippen LogP contribution in [0, 0.1) is 0 Å². The van der Waals surface area contributed by atoms with Gasteiger partial charge >= 0.3 is 17.9 Å². The molecule has 1 unspecified atom stereocenters. The van der Waals surface area contributed by atoms with E-state index in [0.29, 0.717) is 19.3 Å². The normalized spacial score (nSPS) is 12.9. The van der Waals surface area contributed by atoms with Gasteiger partial charge in [0.1, 0.15) is 13.2 Å². The van der Waals surface area contributed by atoms with E-state index in [2.05, 4.69) is 118 Å². The van der Waals surface area contributed by atoms with Crippen molar-refractivity contribution in [1.82, 2.24) is 0 Å². The molecule has 0 amide bonds. The van der Waals surface area contributed by atoms with Gasteiger partial charge in [0.2, 0.25) is 0 Å². The van der Waals surface area contributed by atoms with Gasteiger partial charge in [0.25, 0.3) is 0 Å². The molecule has 1 atom stereocenters. The lowest BCUT2D eigenvalue weighted by molar-refractivity contribution is -0.167. The van der Waals surface area contributed by atoms with Gasteiger partial charge < -0.3 is 14.2 Å². The minimum atomic E-state index is -0.804. The first kappa shape index (κ1) is 55.3. The second kappa shape index (κ2) is 47.0. The van der Waals surface area contributed by atoms with Crippen LogP contribution in [-0.2, 0) is 28.6 Å². The lowest BCUT2D eigenvalue weighted by Crippen LogP contribution is -2.30. The van der Waals surface area contributed by atoms with Gasteiger partial charge in [-0.05, 0) is 77.0 Å². The predicted octanol–water partition coefficient (Wildman–Crippen LogP) is 15.4. The molecule has 0 fully saturated rings. The first-order valence-electron chi connectivity index (χ1n) is 23.8. The third-order valence-corrected chi connectivity index (χ3v) is 9.65. The number of hydrogen-bond donors (Lipinski definition) is 0. The number of carbonyl (C=O) groups is 3. The summed E-state index contributed by atoms with van der Waals surface area (Å²) in [4.78, 5) is 37.8. The van der Waals surface area contributed by atoms with E-state index in [-0.39, 0.29) is 37.5 Å². The monoisotopic (exact) mass is 819 g/mol. The third-order valence-electron chi connectivity index (χ3n) is 9.65. The van der Waals surface area contributed by atoms with Crippen LogP contribution in [0.2, 0.25) is 0 Å². The zero-order valence-electron chi connectivity index (χ0n) is 38.0. The summed E-state index contributed by atoms with van der Waals surface area (Å²) in [5.41, 5.74) is 0. The van der Waals surface area contributed by atoms with E-state index in [0.717, 1.165) is 96.3 Å². The van der Waals surface area contributed by atoms with Crippen molar-refractivity contribution >= 4 is 17.9 Å². The maximum absolute atomic E-state index is 12.7. The van der Waals surface area contributed by atoms with Crippen molar-refractivity contribution in [3.63, 3.8) is 0 Å². The second-order valence-corrected chi connectivity index (χ2v) is 15.3. The lowest BCUT2D eigenvalue weighted by Gasteiger charge is -2.18. The third kappa shape index (κ3) is 45.3. The maximum atomic E-state index is 12.7. The molecule has 0 rings (SSSR count). The molecule has 0 N–H and O–H groups in total. The SMILES string of the molecule is CC\C=C/C=C\C=C/CCCCCCCCCC(=O)OC(COC(=O)CCC/C=C\C/C=C\C/C=C\C/C=C\C/C=C\CC)COC(=O)CCCCCCCCCCC. The fraction of sp³-hybridized carbons (Fsp3) is 0.642. The van der Waals surface area contributed by atoms with Crippen LogP contribution in [0.1, 0.15) is 201 Å². The Hall–Kier alpha value is -3.67. The Labute approximate surface area is 362 Å². The predicted molar refractivity (Wildman–Crippen MR) is 251 cm³/mol. The molecule has 334 valence electrons. The molecule has 0 aliphatic carbocycles.